The largest absolute Gasteiger partial charge is 0.378 e. The topological polar surface area (TPSA) is 148 Å². The van der Waals surface area contributed by atoms with Gasteiger partial charge in [-0.25, -0.2) is 9.97 Å². The standard InChI is InChI=1S/C24H27N7O3/c25-20(15-22(26)32)23(33)28-17-3-1-16(2-4-17)21-9-10-27-24(30-21)29-18-5-7-19(8-6-18)31-11-13-34-14-12-31/h1-10,20H,11-15,25H2,(H2,26,32)(H,28,33)(H,27,29,30)/t20-/m1/s1. The number of morpholine rings is 1. The maximum absolute atomic E-state index is 12.1. The molecule has 3 aromatic rings. The van der Waals surface area contributed by atoms with Crippen LogP contribution in [0.3, 0.4) is 0 Å². The highest BCUT2D eigenvalue weighted by Gasteiger charge is 2.16. The van der Waals surface area contributed by atoms with E-state index in [4.69, 9.17) is 16.2 Å². The lowest BCUT2D eigenvalue weighted by Gasteiger charge is -2.28. The molecule has 176 valence electrons. The molecule has 0 radical (unpaired) electrons. The third kappa shape index (κ3) is 6.06. The number of carbonyl (C=O) groups excluding carboxylic acids is 2. The molecule has 2 amide bonds. The van der Waals surface area contributed by atoms with Crippen molar-refractivity contribution in [1.29, 1.82) is 0 Å². The molecule has 34 heavy (non-hydrogen) atoms. The van der Waals surface area contributed by atoms with Crippen LogP contribution in [-0.4, -0.2) is 54.1 Å². The van der Waals surface area contributed by atoms with Crippen molar-refractivity contribution in [3.05, 3.63) is 60.8 Å². The molecule has 0 saturated carbocycles. The summed E-state index contributed by atoms with van der Waals surface area (Å²) in [5.74, 6) is -0.620. The summed E-state index contributed by atoms with van der Waals surface area (Å²) < 4.78 is 5.41. The Balaban J connectivity index is 1.39. The summed E-state index contributed by atoms with van der Waals surface area (Å²) >= 11 is 0. The number of rotatable bonds is 8. The molecule has 10 heteroatoms. The molecule has 2 heterocycles. The average Bonchev–Trinajstić information content (AvgIpc) is 2.85. The smallest absolute Gasteiger partial charge is 0.241 e. The van der Waals surface area contributed by atoms with Gasteiger partial charge in [-0.2, -0.15) is 0 Å². The number of carbonyl (C=O) groups is 2. The highest BCUT2D eigenvalue weighted by Crippen LogP contribution is 2.23. The Bertz CT molecular complexity index is 1130. The molecule has 1 aliphatic rings. The molecular formula is C24H27N7O3. The van der Waals surface area contributed by atoms with E-state index >= 15 is 0 Å². The SMILES string of the molecule is NC(=O)C[C@@H](N)C(=O)Nc1ccc(-c2ccnc(Nc3ccc(N4CCOCC4)cc3)n2)cc1. The van der Waals surface area contributed by atoms with E-state index in [1.165, 1.54) is 0 Å². The number of hydrogen-bond acceptors (Lipinski definition) is 8. The van der Waals surface area contributed by atoms with Gasteiger partial charge in [-0.3, -0.25) is 9.59 Å². The van der Waals surface area contributed by atoms with Crippen LogP contribution in [0.15, 0.2) is 60.8 Å². The summed E-state index contributed by atoms with van der Waals surface area (Å²) in [6.07, 6.45) is 1.47. The monoisotopic (exact) mass is 461 g/mol. The van der Waals surface area contributed by atoms with Gasteiger partial charge in [-0.15, -0.1) is 0 Å². The van der Waals surface area contributed by atoms with Crippen molar-refractivity contribution in [1.82, 2.24) is 9.97 Å². The van der Waals surface area contributed by atoms with Crippen LogP contribution in [0.1, 0.15) is 6.42 Å². The van der Waals surface area contributed by atoms with E-state index in [2.05, 4.69) is 37.6 Å². The van der Waals surface area contributed by atoms with Crippen molar-refractivity contribution in [3.63, 3.8) is 0 Å². The Morgan fingerprint density at radius 3 is 2.35 bits per heavy atom. The molecule has 1 aromatic heterocycles. The Kier molecular flexibility index (Phi) is 7.31. The number of anilines is 4. The van der Waals surface area contributed by atoms with Crippen LogP contribution in [0.25, 0.3) is 11.3 Å². The van der Waals surface area contributed by atoms with Gasteiger partial charge >= 0.3 is 0 Å². The van der Waals surface area contributed by atoms with Crippen LogP contribution >= 0.6 is 0 Å². The predicted octanol–water partition coefficient (Wildman–Crippen LogP) is 1.86. The van der Waals surface area contributed by atoms with Gasteiger partial charge in [0.2, 0.25) is 17.8 Å². The number of hydrogen-bond donors (Lipinski definition) is 4. The van der Waals surface area contributed by atoms with E-state index < -0.39 is 17.9 Å². The van der Waals surface area contributed by atoms with Gasteiger partial charge in [0, 0.05) is 41.9 Å². The number of aromatic nitrogens is 2. The van der Waals surface area contributed by atoms with Gasteiger partial charge in [0.1, 0.15) is 0 Å². The van der Waals surface area contributed by atoms with Gasteiger partial charge in [0.15, 0.2) is 0 Å². The van der Waals surface area contributed by atoms with Gasteiger partial charge in [-0.05, 0) is 42.5 Å². The van der Waals surface area contributed by atoms with Crippen molar-refractivity contribution in [2.75, 3.05) is 41.8 Å². The number of amides is 2. The Labute approximate surface area is 197 Å². The number of primary amides is 1. The second-order valence-electron chi connectivity index (χ2n) is 7.88. The third-order valence-electron chi connectivity index (χ3n) is 5.36. The van der Waals surface area contributed by atoms with E-state index in [-0.39, 0.29) is 6.42 Å². The first-order valence-electron chi connectivity index (χ1n) is 11.0. The zero-order valence-corrected chi connectivity index (χ0v) is 18.6. The van der Waals surface area contributed by atoms with Gasteiger partial charge in [0.05, 0.1) is 31.4 Å². The number of nitrogens with two attached hydrogens (primary N) is 2. The number of benzene rings is 2. The first-order valence-corrected chi connectivity index (χ1v) is 11.0. The van der Waals surface area contributed by atoms with E-state index in [0.29, 0.717) is 11.6 Å². The van der Waals surface area contributed by atoms with E-state index in [0.717, 1.165) is 48.9 Å². The first-order chi connectivity index (χ1) is 16.5. The van der Waals surface area contributed by atoms with E-state index in [9.17, 15) is 9.59 Å². The molecule has 0 bridgehead atoms. The van der Waals surface area contributed by atoms with Crippen molar-refractivity contribution in [2.45, 2.75) is 12.5 Å². The fourth-order valence-electron chi connectivity index (χ4n) is 3.55. The van der Waals surface area contributed by atoms with Crippen molar-refractivity contribution < 1.29 is 14.3 Å². The van der Waals surface area contributed by atoms with Crippen LogP contribution in [0.2, 0.25) is 0 Å². The summed E-state index contributed by atoms with van der Waals surface area (Å²) in [6.45, 7) is 3.27. The molecule has 1 fully saturated rings. The Morgan fingerprint density at radius 2 is 1.68 bits per heavy atom. The highest BCUT2D eigenvalue weighted by atomic mass is 16.5. The molecular weight excluding hydrogens is 434 g/mol. The summed E-state index contributed by atoms with van der Waals surface area (Å²) in [7, 11) is 0. The number of ether oxygens (including phenoxy) is 1. The summed E-state index contributed by atoms with van der Waals surface area (Å²) in [6, 6.07) is 16.1. The minimum atomic E-state index is -0.990. The average molecular weight is 462 g/mol. The first kappa shape index (κ1) is 23.1. The second-order valence-corrected chi connectivity index (χ2v) is 7.88. The fourth-order valence-corrected chi connectivity index (χ4v) is 3.55. The molecule has 0 unspecified atom stereocenters. The van der Waals surface area contributed by atoms with Crippen LogP contribution in [-0.2, 0) is 14.3 Å². The number of nitrogens with zero attached hydrogens (tertiary/aromatic N) is 3. The molecule has 0 aliphatic carbocycles. The number of nitrogens with one attached hydrogen (secondary N) is 2. The summed E-state index contributed by atoms with van der Waals surface area (Å²) in [4.78, 5) is 34.2. The zero-order valence-electron chi connectivity index (χ0n) is 18.6. The van der Waals surface area contributed by atoms with Gasteiger partial charge in [-0.1, -0.05) is 12.1 Å². The molecule has 1 aliphatic heterocycles. The minimum Gasteiger partial charge on any atom is -0.378 e. The minimum absolute atomic E-state index is 0.212. The van der Waals surface area contributed by atoms with E-state index in [1.807, 2.05) is 30.3 Å². The Morgan fingerprint density at radius 1 is 1.00 bits per heavy atom. The van der Waals surface area contributed by atoms with Crippen LogP contribution in [0.4, 0.5) is 23.0 Å². The maximum atomic E-state index is 12.1. The zero-order chi connectivity index (χ0) is 23.9. The van der Waals surface area contributed by atoms with Gasteiger partial charge in [0.25, 0.3) is 0 Å². The van der Waals surface area contributed by atoms with Crippen molar-refractivity contribution >= 4 is 34.8 Å². The molecule has 6 N–H and O–H groups in total. The molecule has 10 nitrogen and oxygen atoms in total. The highest BCUT2D eigenvalue weighted by molar-refractivity contribution is 5.97. The third-order valence-corrected chi connectivity index (χ3v) is 5.36. The molecule has 4 rings (SSSR count). The summed E-state index contributed by atoms with van der Waals surface area (Å²) in [5, 5.41) is 5.91. The molecule has 0 spiro atoms. The lowest BCUT2D eigenvalue weighted by molar-refractivity contribution is -0.123. The molecule has 1 saturated heterocycles. The normalized spacial score (nSPS) is 14.3. The lowest BCUT2D eigenvalue weighted by Crippen LogP contribution is -2.38. The quantitative estimate of drug-likeness (QED) is 0.397. The second kappa shape index (κ2) is 10.7. The van der Waals surface area contributed by atoms with Gasteiger partial charge < -0.3 is 31.7 Å². The van der Waals surface area contributed by atoms with E-state index in [1.54, 1.807) is 18.3 Å². The van der Waals surface area contributed by atoms with Crippen LogP contribution in [0, 0.1) is 0 Å². The van der Waals surface area contributed by atoms with Crippen molar-refractivity contribution in [3.8, 4) is 11.3 Å². The Hall–Kier alpha value is -4.02. The van der Waals surface area contributed by atoms with Crippen LogP contribution < -0.4 is 27.0 Å². The molecule has 1 atom stereocenters. The maximum Gasteiger partial charge on any atom is 0.241 e. The fraction of sp³-hybridized carbons (Fsp3) is 0.250. The molecule has 2 aromatic carbocycles. The lowest BCUT2D eigenvalue weighted by atomic mass is 10.1. The predicted molar refractivity (Wildman–Crippen MR) is 131 cm³/mol. The van der Waals surface area contributed by atoms with Crippen molar-refractivity contribution in [2.24, 2.45) is 11.5 Å². The van der Waals surface area contributed by atoms with Crippen LogP contribution in [0.5, 0.6) is 0 Å². The summed E-state index contributed by atoms with van der Waals surface area (Å²) in [5.41, 5.74) is 14.9.